The van der Waals surface area contributed by atoms with Crippen molar-refractivity contribution in [3.63, 3.8) is 0 Å². The van der Waals surface area contributed by atoms with E-state index >= 15 is 0 Å². The number of fused-ring (bicyclic) bond motifs is 1. The highest BCUT2D eigenvalue weighted by Crippen LogP contribution is 2.52. The number of hydrogen-bond donors (Lipinski definition) is 3. The number of carboxylic acids is 1. The van der Waals surface area contributed by atoms with Gasteiger partial charge in [-0.2, -0.15) is 0 Å². The van der Waals surface area contributed by atoms with E-state index in [1.54, 1.807) is 17.5 Å². The summed E-state index contributed by atoms with van der Waals surface area (Å²) < 4.78 is 0.516. The number of aliphatic hydroxyl groups is 1. The number of carboxylic acid groups (broad SMARTS) is 1. The monoisotopic (exact) mass is 507 g/mol. The summed E-state index contributed by atoms with van der Waals surface area (Å²) in [6.07, 6.45) is -0.208. The Labute approximate surface area is 203 Å². The van der Waals surface area contributed by atoms with Crippen LogP contribution in [0, 0.1) is 11.8 Å². The first-order valence-electron chi connectivity index (χ1n) is 10.3. The lowest BCUT2D eigenvalue weighted by Crippen LogP contribution is -2.63. The van der Waals surface area contributed by atoms with Gasteiger partial charge in [0.25, 0.3) is 5.91 Å². The summed E-state index contributed by atoms with van der Waals surface area (Å²) in [5.74, 6) is -2.77. The molecule has 11 heteroatoms. The molecule has 3 heterocycles. The van der Waals surface area contributed by atoms with E-state index in [0.29, 0.717) is 27.2 Å². The summed E-state index contributed by atoms with van der Waals surface area (Å²) in [4.78, 5) is 43.0. The van der Waals surface area contributed by atoms with E-state index in [9.17, 15) is 24.6 Å². The van der Waals surface area contributed by atoms with Gasteiger partial charge in [-0.15, -0.1) is 11.3 Å². The number of aliphatic hydroxyl groups excluding tert-OH is 1. The first kappa shape index (κ1) is 23.7. The van der Waals surface area contributed by atoms with Gasteiger partial charge in [-0.05, 0) is 31.0 Å². The Morgan fingerprint density at radius 3 is 2.67 bits per heavy atom. The fraction of sp³-hybridized carbons (Fsp3) is 0.364. The average Bonchev–Trinajstić information content (AvgIpc) is 3.31. The molecule has 0 aliphatic carbocycles. The minimum absolute atomic E-state index is 0.0661. The first-order chi connectivity index (χ1) is 15.7. The van der Waals surface area contributed by atoms with Crippen LogP contribution >= 0.6 is 34.7 Å². The van der Waals surface area contributed by atoms with Crippen molar-refractivity contribution in [2.24, 2.45) is 11.8 Å². The lowest BCUT2D eigenvalue weighted by Gasteiger charge is -2.46. The number of aromatic nitrogens is 1. The molecular formula is C22H22ClN3O5S2. The van der Waals surface area contributed by atoms with Crippen molar-refractivity contribution in [2.45, 2.75) is 36.8 Å². The van der Waals surface area contributed by atoms with Crippen LogP contribution in [0.25, 0.3) is 0 Å². The Kier molecular flexibility index (Phi) is 6.81. The van der Waals surface area contributed by atoms with Gasteiger partial charge in [0, 0.05) is 27.8 Å². The molecule has 0 saturated carbocycles. The molecular weight excluding hydrogens is 486 g/mol. The quantitative estimate of drug-likeness (QED) is 0.470. The van der Waals surface area contributed by atoms with E-state index in [1.807, 2.05) is 19.1 Å². The van der Waals surface area contributed by atoms with Crippen LogP contribution in [-0.4, -0.2) is 56.6 Å². The number of halogens is 1. The molecule has 33 heavy (non-hydrogen) atoms. The predicted molar refractivity (Wildman–Crippen MR) is 125 cm³/mol. The van der Waals surface area contributed by atoms with Crippen molar-refractivity contribution in [3.8, 4) is 0 Å². The zero-order chi connectivity index (χ0) is 23.9. The fourth-order valence-electron chi connectivity index (χ4n) is 4.22. The molecule has 8 nitrogen and oxygen atoms in total. The molecule has 0 unspecified atom stereocenters. The van der Waals surface area contributed by atoms with E-state index < -0.39 is 18.0 Å². The van der Waals surface area contributed by atoms with Crippen molar-refractivity contribution in [3.05, 3.63) is 56.5 Å². The number of rotatable bonds is 8. The van der Waals surface area contributed by atoms with Gasteiger partial charge in [0.2, 0.25) is 5.91 Å². The highest BCUT2D eigenvalue weighted by atomic mass is 35.5. The molecule has 0 radical (unpaired) electrons. The van der Waals surface area contributed by atoms with Crippen LogP contribution in [0.3, 0.4) is 0 Å². The number of nitrogens with one attached hydrogen (secondary N) is 1. The maximum Gasteiger partial charge on any atom is 0.353 e. The summed E-state index contributed by atoms with van der Waals surface area (Å²) in [7, 11) is 0. The number of carbonyl (C=O) groups is 3. The second-order valence-electron chi connectivity index (χ2n) is 8.00. The van der Waals surface area contributed by atoms with Crippen LogP contribution in [0.4, 0.5) is 0 Å². The van der Waals surface area contributed by atoms with Gasteiger partial charge < -0.3 is 20.4 Å². The van der Waals surface area contributed by atoms with Crippen LogP contribution in [0.5, 0.6) is 0 Å². The van der Waals surface area contributed by atoms with Crippen molar-refractivity contribution < 1.29 is 24.6 Å². The van der Waals surface area contributed by atoms with Crippen LogP contribution in [-0.2, 0) is 16.0 Å². The summed E-state index contributed by atoms with van der Waals surface area (Å²) in [5, 5.41) is 24.8. The van der Waals surface area contributed by atoms with Crippen molar-refractivity contribution in [1.82, 2.24) is 15.2 Å². The number of amides is 2. The van der Waals surface area contributed by atoms with Gasteiger partial charge in [-0.25, -0.2) is 9.78 Å². The fourth-order valence-corrected chi connectivity index (χ4v) is 6.42. The maximum absolute atomic E-state index is 12.5. The Bertz CT molecular complexity index is 1130. The molecule has 0 bridgehead atoms. The second-order valence-corrected chi connectivity index (χ2v) is 10.6. The zero-order valence-electron chi connectivity index (χ0n) is 17.8. The van der Waals surface area contributed by atoms with Gasteiger partial charge in [-0.1, -0.05) is 42.4 Å². The minimum Gasteiger partial charge on any atom is -0.477 e. The number of benzene rings is 1. The number of β-lactam (4-membered cyclic amide) rings is 1. The highest BCUT2D eigenvalue weighted by molar-refractivity contribution is 8.04. The second kappa shape index (κ2) is 9.46. The predicted octanol–water partition coefficient (Wildman–Crippen LogP) is 3.01. The third-order valence-electron chi connectivity index (χ3n) is 5.84. The number of carbonyl (C=O) groups excluding carboxylic acids is 2. The minimum atomic E-state index is -1.19. The van der Waals surface area contributed by atoms with Crippen molar-refractivity contribution in [2.75, 3.05) is 6.54 Å². The summed E-state index contributed by atoms with van der Waals surface area (Å²) in [5.41, 5.74) is 1.23. The van der Waals surface area contributed by atoms with Gasteiger partial charge in [0.05, 0.1) is 18.1 Å². The lowest BCUT2D eigenvalue weighted by atomic mass is 9.79. The number of thiazole rings is 1. The zero-order valence-corrected chi connectivity index (χ0v) is 20.2. The highest BCUT2D eigenvalue weighted by Gasteiger charge is 2.60. The molecule has 174 valence electrons. The smallest absolute Gasteiger partial charge is 0.353 e. The Morgan fingerprint density at radius 2 is 2.03 bits per heavy atom. The maximum atomic E-state index is 12.5. The van der Waals surface area contributed by atoms with Gasteiger partial charge in [0.1, 0.15) is 11.4 Å². The largest absolute Gasteiger partial charge is 0.477 e. The third-order valence-corrected chi connectivity index (χ3v) is 8.31. The van der Waals surface area contributed by atoms with Gasteiger partial charge in [0.15, 0.2) is 4.34 Å². The molecule has 2 aromatic rings. The van der Waals surface area contributed by atoms with Crippen molar-refractivity contribution in [1.29, 1.82) is 0 Å². The van der Waals surface area contributed by atoms with E-state index in [4.69, 9.17) is 11.6 Å². The van der Waals surface area contributed by atoms with Gasteiger partial charge >= 0.3 is 5.97 Å². The van der Waals surface area contributed by atoms with Crippen LogP contribution in [0.15, 0.2) is 44.6 Å². The molecule has 1 aromatic heterocycles. The van der Waals surface area contributed by atoms with Crippen LogP contribution in [0.2, 0.25) is 5.02 Å². The van der Waals surface area contributed by atoms with E-state index in [-0.39, 0.29) is 35.2 Å². The van der Waals surface area contributed by atoms with Crippen LogP contribution < -0.4 is 5.32 Å². The normalized spacial score (nSPS) is 22.7. The summed E-state index contributed by atoms with van der Waals surface area (Å²) in [6.45, 7) is 3.82. The Hall–Kier alpha value is -2.40. The molecule has 1 saturated heterocycles. The summed E-state index contributed by atoms with van der Waals surface area (Å²) >= 11 is 8.27. The molecule has 1 aromatic carbocycles. The standard InChI is InChI=1S/C22H22ClN3O5S2/c1-10-16-15(11(2)27)20(29)26(16)17(21(30)31)18(10)33-22-25-14(9-32-22)19(28)24-8-7-12-3-5-13(23)6-4-12/h3-6,9-11,15-16,27H,7-8H2,1-2H3,(H,24,28)(H,30,31)/t10-,11-,15-,16-/m1/s1. The van der Waals surface area contributed by atoms with Crippen molar-refractivity contribution >= 4 is 52.5 Å². The number of aliphatic carboxylic acids is 1. The topological polar surface area (TPSA) is 120 Å². The number of thioether (sulfide) groups is 1. The molecule has 2 aliphatic rings. The van der Waals surface area contributed by atoms with Gasteiger partial charge in [-0.3, -0.25) is 9.59 Å². The lowest BCUT2D eigenvalue weighted by molar-refractivity contribution is -0.163. The van der Waals surface area contributed by atoms with E-state index in [1.165, 1.54) is 23.2 Å². The summed E-state index contributed by atoms with van der Waals surface area (Å²) in [6, 6.07) is 7.01. The Morgan fingerprint density at radius 1 is 1.33 bits per heavy atom. The van der Waals surface area contributed by atoms with E-state index in [0.717, 1.165) is 17.3 Å². The number of nitrogens with zero attached hydrogens (tertiary/aromatic N) is 2. The molecule has 4 atom stereocenters. The molecule has 2 amide bonds. The Balaban J connectivity index is 1.42. The molecule has 1 fully saturated rings. The molecule has 4 rings (SSSR count). The van der Waals surface area contributed by atoms with Crippen LogP contribution in [0.1, 0.15) is 29.9 Å². The third kappa shape index (κ3) is 4.52. The molecule has 3 N–H and O–H groups in total. The first-order valence-corrected chi connectivity index (χ1v) is 12.4. The molecule has 2 aliphatic heterocycles. The average molecular weight is 508 g/mol. The van der Waals surface area contributed by atoms with E-state index in [2.05, 4.69) is 10.3 Å². The molecule has 0 spiro atoms. The number of hydrogen-bond acceptors (Lipinski definition) is 7. The SMILES string of the molecule is C[C@@H](O)[C@H]1C(=O)N2C(C(=O)O)=C(Sc3nc(C(=O)NCCc4ccc(Cl)cc4)cs3)[C@H](C)[C@H]12.